The number of halogens is 3. The summed E-state index contributed by atoms with van der Waals surface area (Å²) in [6.45, 7) is -0.271. The van der Waals surface area contributed by atoms with Crippen LogP contribution in [0.5, 0.6) is 0 Å². The van der Waals surface area contributed by atoms with E-state index in [-0.39, 0.29) is 13.0 Å². The van der Waals surface area contributed by atoms with Crippen molar-refractivity contribution in [2.45, 2.75) is 31.5 Å². The van der Waals surface area contributed by atoms with Gasteiger partial charge in [0.05, 0.1) is 6.10 Å². The third-order valence-corrected chi connectivity index (χ3v) is 3.85. The van der Waals surface area contributed by atoms with Gasteiger partial charge in [0.1, 0.15) is 0 Å². The maximum absolute atomic E-state index is 12.1. The number of aryl methyl sites for hydroxylation is 1. The van der Waals surface area contributed by atoms with Crippen molar-refractivity contribution >= 4 is 5.91 Å². The van der Waals surface area contributed by atoms with Gasteiger partial charge in [0, 0.05) is 18.5 Å². The number of hydrogen-bond acceptors (Lipinski definition) is 2. The minimum absolute atomic E-state index is 0.0211. The summed E-state index contributed by atoms with van der Waals surface area (Å²) in [5.41, 5.74) is 2.47. The standard InChI is InChI=1S/C21H20F3NO2/c22-21(23,24)20(27)25-14-13-19(26)18-12-6-11-17(15-18)10-5-4-9-16-7-2-1-3-8-16/h1-3,6-8,11-12,15,19,26H,4,9,13-14H2,(H,25,27)/t19-/m1/s1. The third-order valence-electron chi connectivity index (χ3n) is 3.85. The molecule has 1 amide bonds. The lowest BCUT2D eigenvalue weighted by atomic mass is 10.0. The molecule has 2 aromatic carbocycles. The van der Waals surface area contributed by atoms with E-state index in [1.54, 1.807) is 29.6 Å². The first-order valence-corrected chi connectivity index (χ1v) is 8.52. The van der Waals surface area contributed by atoms with Gasteiger partial charge in [-0.3, -0.25) is 4.79 Å². The Kier molecular flexibility index (Phi) is 7.44. The minimum Gasteiger partial charge on any atom is -0.388 e. The molecule has 1 atom stereocenters. The summed E-state index contributed by atoms with van der Waals surface area (Å²) in [5, 5.41) is 11.8. The fourth-order valence-electron chi connectivity index (χ4n) is 2.43. The molecule has 142 valence electrons. The van der Waals surface area contributed by atoms with Crippen LogP contribution in [0, 0.1) is 11.8 Å². The molecule has 2 aromatic rings. The number of carbonyl (C=O) groups is 1. The number of rotatable bonds is 6. The highest BCUT2D eigenvalue weighted by Crippen LogP contribution is 2.18. The number of alkyl halides is 3. The summed E-state index contributed by atoms with van der Waals surface area (Å²) in [4.78, 5) is 10.7. The zero-order valence-corrected chi connectivity index (χ0v) is 14.6. The van der Waals surface area contributed by atoms with Gasteiger partial charge in [-0.15, -0.1) is 0 Å². The fourth-order valence-corrected chi connectivity index (χ4v) is 2.43. The molecule has 0 aromatic heterocycles. The molecule has 0 aliphatic heterocycles. The molecule has 0 fully saturated rings. The van der Waals surface area contributed by atoms with Crippen molar-refractivity contribution in [2.24, 2.45) is 0 Å². The number of aliphatic hydroxyl groups is 1. The average Bonchev–Trinajstić information content (AvgIpc) is 2.65. The lowest BCUT2D eigenvalue weighted by molar-refractivity contribution is -0.173. The summed E-state index contributed by atoms with van der Waals surface area (Å²) in [6, 6.07) is 16.9. The monoisotopic (exact) mass is 375 g/mol. The lowest BCUT2D eigenvalue weighted by Crippen LogP contribution is -2.37. The zero-order valence-electron chi connectivity index (χ0n) is 14.6. The van der Waals surface area contributed by atoms with Gasteiger partial charge in [0.2, 0.25) is 0 Å². The van der Waals surface area contributed by atoms with Gasteiger partial charge in [-0.2, -0.15) is 13.2 Å². The molecule has 0 saturated heterocycles. The number of benzene rings is 2. The Morgan fingerprint density at radius 2 is 1.85 bits per heavy atom. The Morgan fingerprint density at radius 3 is 2.56 bits per heavy atom. The van der Waals surface area contributed by atoms with Crippen molar-refractivity contribution in [3.05, 3.63) is 71.3 Å². The predicted octanol–water partition coefficient (Wildman–Crippen LogP) is 3.77. The molecule has 3 nitrogen and oxygen atoms in total. The Hall–Kier alpha value is -2.78. The second kappa shape index (κ2) is 9.79. The molecular weight excluding hydrogens is 355 g/mol. The normalized spacial score (nSPS) is 12.0. The van der Waals surface area contributed by atoms with E-state index in [0.29, 0.717) is 12.0 Å². The average molecular weight is 375 g/mol. The molecule has 0 saturated carbocycles. The Bertz CT molecular complexity index is 807. The van der Waals surface area contributed by atoms with E-state index in [1.165, 1.54) is 5.56 Å². The van der Waals surface area contributed by atoms with Crippen molar-refractivity contribution in [2.75, 3.05) is 6.54 Å². The maximum Gasteiger partial charge on any atom is 0.471 e. The summed E-state index contributed by atoms with van der Waals surface area (Å²) >= 11 is 0. The van der Waals surface area contributed by atoms with Crippen LogP contribution in [-0.2, 0) is 11.2 Å². The zero-order chi connectivity index (χ0) is 19.7. The van der Waals surface area contributed by atoms with Crippen molar-refractivity contribution < 1.29 is 23.1 Å². The van der Waals surface area contributed by atoms with Gasteiger partial charge in [0.15, 0.2) is 0 Å². The van der Waals surface area contributed by atoms with E-state index in [2.05, 4.69) is 11.8 Å². The highest BCUT2D eigenvalue weighted by Gasteiger charge is 2.38. The van der Waals surface area contributed by atoms with Gasteiger partial charge in [0.25, 0.3) is 0 Å². The summed E-state index contributed by atoms with van der Waals surface area (Å²) in [5.74, 6) is 4.10. The number of hydrogen-bond donors (Lipinski definition) is 2. The Balaban J connectivity index is 1.85. The first-order valence-electron chi connectivity index (χ1n) is 8.52. The van der Waals surface area contributed by atoms with Gasteiger partial charge in [-0.25, -0.2) is 0 Å². The van der Waals surface area contributed by atoms with E-state index in [4.69, 9.17) is 0 Å². The lowest BCUT2D eigenvalue weighted by Gasteiger charge is -2.13. The maximum atomic E-state index is 12.1. The van der Waals surface area contributed by atoms with E-state index >= 15 is 0 Å². The second-order valence-corrected chi connectivity index (χ2v) is 5.97. The Morgan fingerprint density at radius 1 is 1.11 bits per heavy atom. The number of amides is 1. The molecule has 2 rings (SSSR count). The molecule has 0 aliphatic carbocycles. The topological polar surface area (TPSA) is 49.3 Å². The highest BCUT2D eigenvalue weighted by atomic mass is 19.4. The van der Waals surface area contributed by atoms with Gasteiger partial charge in [-0.05, 0) is 36.1 Å². The molecule has 0 unspecified atom stereocenters. The molecule has 6 heteroatoms. The SMILES string of the molecule is O=C(NCC[C@@H](O)c1cccc(C#CCCc2ccccc2)c1)C(F)(F)F. The first-order chi connectivity index (χ1) is 12.9. The summed E-state index contributed by atoms with van der Waals surface area (Å²) < 4.78 is 36.3. The molecule has 27 heavy (non-hydrogen) atoms. The molecular formula is C21H20F3NO2. The highest BCUT2D eigenvalue weighted by molar-refractivity contribution is 5.81. The van der Waals surface area contributed by atoms with Crippen LogP contribution in [0.4, 0.5) is 13.2 Å². The van der Waals surface area contributed by atoms with Crippen LogP contribution in [0.2, 0.25) is 0 Å². The molecule has 0 radical (unpaired) electrons. The van der Waals surface area contributed by atoms with E-state index in [9.17, 15) is 23.1 Å². The molecule has 0 spiro atoms. The van der Waals surface area contributed by atoms with Crippen LogP contribution in [0.1, 0.15) is 35.6 Å². The van der Waals surface area contributed by atoms with Crippen LogP contribution in [0.15, 0.2) is 54.6 Å². The predicted molar refractivity (Wildman–Crippen MR) is 96.7 cm³/mol. The van der Waals surface area contributed by atoms with Crippen molar-refractivity contribution in [1.29, 1.82) is 0 Å². The summed E-state index contributed by atoms with van der Waals surface area (Å²) in [6.07, 6.45) is -4.38. The molecule has 2 N–H and O–H groups in total. The molecule has 0 aliphatic rings. The minimum atomic E-state index is -4.92. The van der Waals surface area contributed by atoms with Crippen molar-refractivity contribution in [3.63, 3.8) is 0 Å². The van der Waals surface area contributed by atoms with E-state index in [0.717, 1.165) is 12.0 Å². The van der Waals surface area contributed by atoms with Gasteiger partial charge >= 0.3 is 12.1 Å². The van der Waals surface area contributed by atoms with Gasteiger partial charge < -0.3 is 10.4 Å². The van der Waals surface area contributed by atoms with Crippen LogP contribution in [0.3, 0.4) is 0 Å². The molecule has 0 bridgehead atoms. The second-order valence-electron chi connectivity index (χ2n) is 5.97. The quantitative estimate of drug-likeness (QED) is 0.755. The molecule has 0 heterocycles. The Labute approximate surface area is 156 Å². The van der Waals surface area contributed by atoms with Crippen LogP contribution in [0.25, 0.3) is 0 Å². The van der Waals surface area contributed by atoms with Gasteiger partial charge in [-0.1, -0.05) is 54.3 Å². The number of aliphatic hydroxyl groups excluding tert-OH is 1. The smallest absolute Gasteiger partial charge is 0.388 e. The van der Waals surface area contributed by atoms with Crippen LogP contribution >= 0.6 is 0 Å². The van der Waals surface area contributed by atoms with Crippen LogP contribution < -0.4 is 5.32 Å². The van der Waals surface area contributed by atoms with Crippen molar-refractivity contribution in [1.82, 2.24) is 5.32 Å². The largest absolute Gasteiger partial charge is 0.471 e. The number of nitrogens with one attached hydrogen (secondary N) is 1. The first kappa shape index (κ1) is 20.5. The van der Waals surface area contributed by atoms with E-state index in [1.807, 2.05) is 30.3 Å². The van der Waals surface area contributed by atoms with E-state index < -0.39 is 18.2 Å². The van der Waals surface area contributed by atoms with Crippen molar-refractivity contribution in [3.8, 4) is 11.8 Å². The third kappa shape index (κ3) is 7.16. The number of carbonyl (C=O) groups excluding carboxylic acids is 1. The fraction of sp³-hybridized carbons (Fsp3) is 0.286. The van der Waals surface area contributed by atoms with Crippen LogP contribution in [-0.4, -0.2) is 23.7 Å². The summed E-state index contributed by atoms with van der Waals surface area (Å²) in [7, 11) is 0.